The third-order valence-corrected chi connectivity index (χ3v) is 2.97. The fourth-order valence-electron chi connectivity index (χ4n) is 1.87. The number of halogens is 1. The van der Waals surface area contributed by atoms with E-state index >= 15 is 0 Å². The van der Waals surface area contributed by atoms with Gasteiger partial charge in [-0.1, -0.05) is 13.8 Å². The number of rotatable bonds is 6. The second kappa shape index (κ2) is 5.94. The molecule has 0 aliphatic carbocycles. The summed E-state index contributed by atoms with van der Waals surface area (Å²) in [4.78, 5) is 4.07. The first-order valence-corrected chi connectivity index (χ1v) is 5.80. The van der Waals surface area contributed by atoms with Gasteiger partial charge in [0.25, 0.3) is 0 Å². The molecule has 0 aromatic carbocycles. The number of hydrogen-bond acceptors (Lipinski definition) is 3. The van der Waals surface area contributed by atoms with Crippen molar-refractivity contribution in [2.75, 3.05) is 6.54 Å². The Balaban J connectivity index is 2.66. The third-order valence-electron chi connectivity index (χ3n) is 2.97. The number of nitrogens with zero attached hydrogens (tertiary/aromatic N) is 3. The molecule has 0 saturated carbocycles. The molecule has 0 aliphatic rings. The number of aryl methyl sites for hydroxylation is 1. The van der Waals surface area contributed by atoms with Crippen LogP contribution in [0.3, 0.4) is 0 Å². The van der Waals surface area contributed by atoms with E-state index in [1.54, 1.807) is 4.68 Å². The summed E-state index contributed by atoms with van der Waals surface area (Å²) in [6, 6.07) is 0. The highest BCUT2D eigenvalue weighted by Gasteiger charge is 2.24. The number of aromatic nitrogens is 3. The van der Waals surface area contributed by atoms with E-state index in [1.165, 1.54) is 6.33 Å². The smallest absolute Gasteiger partial charge is 0.138 e. The van der Waals surface area contributed by atoms with Crippen molar-refractivity contribution in [3.63, 3.8) is 0 Å². The van der Waals surface area contributed by atoms with Crippen molar-refractivity contribution < 1.29 is 4.39 Å². The van der Waals surface area contributed by atoms with Crippen LogP contribution in [0.1, 0.15) is 26.6 Å². The molecule has 0 aliphatic heterocycles. The van der Waals surface area contributed by atoms with E-state index in [0.717, 1.165) is 6.54 Å². The van der Waals surface area contributed by atoms with E-state index in [0.29, 0.717) is 18.8 Å². The molecule has 2 atom stereocenters. The molecule has 2 unspecified atom stereocenters. The van der Waals surface area contributed by atoms with Gasteiger partial charge < -0.3 is 5.73 Å². The molecule has 0 bridgehead atoms. The molecule has 0 fully saturated rings. The Kier molecular flexibility index (Phi) is 4.86. The summed E-state index contributed by atoms with van der Waals surface area (Å²) in [6.07, 6.45) is 0.825. The average molecular weight is 228 g/mol. The average Bonchev–Trinajstić information content (AvgIpc) is 2.65. The maximum atomic E-state index is 14.0. The topological polar surface area (TPSA) is 56.7 Å². The van der Waals surface area contributed by atoms with Gasteiger partial charge in [-0.15, -0.1) is 0 Å². The van der Waals surface area contributed by atoms with Gasteiger partial charge in [0.15, 0.2) is 0 Å². The van der Waals surface area contributed by atoms with E-state index in [4.69, 9.17) is 5.73 Å². The molecule has 1 rings (SSSR count). The van der Waals surface area contributed by atoms with Gasteiger partial charge in [-0.2, -0.15) is 5.10 Å². The summed E-state index contributed by atoms with van der Waals surface area (Å²) >= 11 is 0. The molecule has 4 nitrogen and oxygen atoms in total. The van der Waals surface area contributed by atoms with Crippen molar-refractivity contribution in [1.29, 1.82) is 0 Å². The maximum Gasteiger partial charge on any atom is 0.138 e. The second-order valence-corrected chi connectivity index (χ2v) is 4.36. The first-order valence-electron chi connectivity index (χ1n) is 5.80. The van der Waals surface area contributed by atoms with Crippen LogP contribution in [0.15, 0.2) is 6.33 Å². The fourth-order valence-corrected chi connectivity index (χ4v) is 1.87. The van der Waals surface area contributed by atoms with Gasteiger partial charge in [0, 0.05) is 18.9 Å². The van der Waals surface area contributed by atoms with Gasteiger partial charge in [0.05, 0.1) is 0 Å². The molecular formula is C11H21FN4. The van der Waals surface area contributed by atoms with Gasteiger partial charge in [-0.05, 0) is 19.4 Å². The summed E-state index contributed by atoms with van der Waals surface area (Å²) in [5.74, 6) is 0.842. The van der Waals surface area contributed by atoms with Crippen LogP contribution in [0.5, 0.6) is 0 Å². The predicted molar refractivity (Wildman–Crippen MR) is 61.7 cm³/mol. The highest BCUT2D eigenvalue weighted by Crippen LogP contribution is 2.19. The minimum absolute atomic E-state index is 0.109. The highest BCUT2D eigenvalue weighted by atomic mass is 19.1. The minimum atomic E-state index is -0.945. The Bertz CT molecular complexity index is 311. The third kappa shape index (κ3) is 3.01. The lowest BCUT2D eigenvalue weighted by Gasteiger charge is -2.22. The summed E-state index contributed by atoms with van der Waals surface area (Å²) < 4.78 is 15.8. The Labute approximate surface area is 96.0 Å². The van der Waals surface area contributed by atoms with E-state index in [9.17, 15) is 4.39 Å². The zero-order valence-corrected chi connectivity index (χ0v) is 10.2. The van der Waals surface area contributed by atoms with Gasteiger partial charge in [-0.3, -0.25) is 4.68 Å². The molecule has 92 valence electrons. The van der Waals surface area contributed by atoms with Gasteiger partial charge in [-0.25, -0.2) is 9.37 Å². The standard InChI is InChI=1S/C11H21FN4/c1-4-16-11(14-7-15-16)5-10(12)9(6-13)8(2)3/h7-10H,4-6,13H2,1-3H3. The molecule has 0 amide bonds. The zero-order valence-electron chi connectivity index (χ0n) is 10.2. The zero-order chi connectivity index (χ0) is 12.1. The normalized spacial score (nSPS) is 15.4. The number of nitrogens with two attached hydrogens (primary N) is 1. The van der Waals surface area contributed by atoms with Crippen LogP contribution in [0.25, 0.3) is 0 Å². The summed E-state index contributed by atoms with van der Waals surface area (Å²) in [5, 5.41) is 4.03. The van der Waals surface area contributed by atoms with Gasteiger partial charge >= 0.3 is 0 Å². The van der Waals surface area contributed by atoms with Crippen molar-refractivity contribution in [2.24, 2.45) is 17.6 Å². The van der Waals surface area contributed by atoms with Crippen LogP contribution in [0.2, 0.25) is 0 Å². The van der Waals surface area contributed by atoms with E-state index in [1.807, 2.05) is 20.8 Å². The molecule has 1 aromatic rings. The maximum absolute atomic E-state index is 14.0. The van der Waals surface area contributed by atoms with Crippen LogP contribution in [0.4, 0.5) is 4.39 Å². The van der Waals surface area contributed by atoms with Gasteiger partial charge in [0.1, 0.15) is 18.3 Å². The lowest BCUT2D eigenvalue weighted by Crippen LogP contribution is -2.31. The first kappa shape index (κ1) is 13.1. The van der Waals surface area contributed by atoms with Crippen molar-refractivity contribution in [1.82, 2.24) is 14.8 Å². The van der Waals surface area contributed by atoms with Crippen molar-refractivity contribution in [3.05, 3.63) is 12.2 Å². The number of hydrogen-bond donors (Lipinski definition) is 1. The summed E-state index contributed by atoms with van der Waals surface area (Å²) in [7, 11) is 0. The van der Waals surface area contributed by atoms with Gasteiger partial charge in [0.2, 0.25) is 0 Å². The molecule has 2 N–H and O–H groups in total. The fraction of sp³-hybridized carbons (Fsp3) is 0.818. The molecule has 0 spiro atoms. The monoisotopic (exact) mass is 228 g/mol. The number of alkyl halides is 1. The van der Waals surface area contributed by atoms with Crippen molar-refractivity contribution >= 4 is 0 Å². The largest absolute Gasteiger partial charge is 0.330 e. The van der Waals surface area contributed by atoms with Crippen LogP contribution < -0.4 is 5.73 Å². The molecule has 16 heavy (non-hydrogen) atoms. The lowest BCUT2D eigenvalue weighted by molar-refractivity contribution is 0.181. The highest BCUT2D eigenvalue weighted by molar-refractivity contribution is 4.90. The van der Waals surface area contributed by atoms with Crippen molar-refractivity contribution in [2.45, 2.75) is 39.9 Å². The molecule has 0 radical (unpaired) electrons. The van der Waals surface area contributed by atoms with Crippen LogP contribution in [-0.2, 0) is 13.0 Å². The van der Waals surface area contributed by atoms with Crippen molar-refractivity contribution in [3.8, 4) is 0 Å². The molecule has 5 heteroatoms. The molecule has 1 heterocycles. The van der Waals surface area contributed by atoms with Crippen LogP contribution in [-0.4, -0.2) is 27.5 Å². The summed E-state index contributed by atoms with van der Waals surface area (Å²) in [6.45, 7) is 7.05. The predicted octanol–water partition coefficient (Wildman–Crippen LogP) is 1.41. The Morgan fingerprint density at radius 2 is 2.19 bits per heavy atom. The Hall–Kier alpha value is -0.970. The van der Waals surface area contributed by atoms with E-state index in [2.05, 4.69) is 10.1 Å². The van der Waals surface area contributed by atoms with Crippen LogP contribution >= 0.6 is 0 Å². The first-order chi connectivity index (χ1) is 7.60. The quantitative estimate of drug-likeness (QED) is 0.801. The Morgan fingerprint density at radius 1 is 1.50 bits per heavy atom. The Morgan fingerprint density at radius 3 is 2.69 bits per heavy atom. The molecule has 1 aromatic heterocycles. The SMILES string of the molecule is CCn1ncnc1CC(F)C(CN)C(C)C. The summed E-state index contributed by atoms with van der Waals surface area (Å²) in [5.41, 5.74) is 5.59. The van der Waals surface area contributed by atoms with Crippen LogP contribution in [0, 0.1) is 11.8 Å². The molecule has 0 saturated heterocycles. The minimum Gasteiger partial charge on any atom is -0.330 e. The molecular weight excluding hydrogens is 207 g/mol. The lowest BCUT2D eigenvalue weighted by atomic mass is 9.89. The van der Waals surface area contributed by atoms with E-state index < -0.39 is 6.17 Å². The second-order valence-electron chi connectivity index (χ2n) is 4.36. The van der Waals surface area contributed by atoms with E-state index in [-0.39, 0.29) is 11.8 Å².